The SMILES string of the molecule is CC[C@@H](NC(=O)c1cc(C(=O)N2CCC[C@@H]2C)n2c1COCC2)c1cnc(C(F)(F)F)cc1C(F)(F)F. The molecule has 1 saturated heterocycles. The Morgan fingerprint density at radius 1 is 1.16 bits per heavy atom. The average Bonchev–Trinajstić information content (AvgIpc) is 3.44. The molecule has 0 unspecified atom stereocenters. The van der Waals surface area contributed by atoms with E-state index in [9.17, 15) is 35.9 Å². The third kappa shape index (κ3) is 5.32. The van der Waals surface area contributed by atoms with E-state index < -0.39 is 41.1 Å². The van der Waals surface area contributed by atoms with Crippen LogP contribution in [0.3, 0.4) is 0 Å². The number of pyridine rings is 1. The number of hydrogen-bond acceptors (Lipinski definition) is 4. The molecule has 1 fully saturated rings. The van der Waals surface area contributed by atoms with Crippen molar-refractivity contribution in [2.75, 3.05) is 13.2 Å². The number of carbonyl (C=O) groups is 2. The van der Waals surface area contributed by atoms with E-state index in [2.05, 4.69) is 10.3 Å². The number of halogens is 6. The monoisotopic (exact) mass is 532 g/mol. The summed E-state index contributed by atoms with van der Waals surface area (Å²) in [5, 5.41) is 2.50. The fourth-order valence-corrected chi connectivity index (χ4v) is 4.86. The smallest absolute Gasteiger partial charge is 0.373 e. The van der Waals surface area contributed by atoms with Crippen LogP contribution in [-0.4, -0.2) is 45.5 Å². The van der Waals surface area contributed by atoms with Gasteiger partial charge in [0.25, 0.3) is 11.8 Å². The van der Waals surface area contributed by atoms with Crippen LogP contribution in [0.1, 0.15) is 82.5 Å². The molecule has 2 aliphatic heterocycles. The highest BCUT2D eigenvalue weighted by atomic mass is 19.4. The van der Waals surface area contributed by atoms with Crippen molar-refractivity contribution in [2.45, 2.75) is 70.7 Å². The predicted octanol–water partition coefficient (Wildman–Crippen LogP) is 4.96. The zero-order valence-corrected chi connectivity index (χ0v) is 20.2. The highest BCUT2D eigenvalue weighted by molar-refractivity contribution is 6.01. The van der Waals surface area contributed by atoms with E-state index in [0.717, 1.165) is 12.8 Å². The Morgan fingerprint density at radius 2 is 1.89 bits per heavy atom. The first-order valence-electron chi connectivity index (χ1n) is 11.9. The Morgan fingerprint density at radius 3 is 2.49 bits per heavy atom. The molecule has 2 aromatic rings. The molecule has 0 radical (unpaired) electrons. The lowest BCUT2D eigenvalue weighted by Gasteiger charge is -2.24. The molecule has 7 nitrogen and oxygen atoms in total. The largest absolute Gasteiger partial charge is 0.433 e. The van der Waals surface area contributed by atoms with Crippen LogP contribution >= 0.6 is 0 Å². The lowest BCUT2D eigenvalue weighted by molar-refractivity contribution is -0.146. The van der Waals surface area contributed by atoms with Crippen LogP contribution < -0.4 is 5.32 Å². The molecule has 2 aromatic heterocycles. The van der Waals surface area contributed by atoms with Gasteiger partial charge in [-0.25, -0.2) is 0 Å². The van der Waals surface area contributed by atoms with Crippen molar-refractivity contribution < 1.29 is 40.7 Å². The fourth-order valence-electron chi connectivity index (χ4n) is 4.86. The maximum atomic E-state index is 13.7. The second-order valence-corrected chi connectivity index (χ2v) is 9.17. The van der Waals surface area contributed by atoms with E-state index in [4.69, 9.17) is 4.74 Å². The minimum atomic E-state index is -5.11. The van der Waals surface area contributed by atoms with Crippen LogP contribution in [0.2, 0.25) is 0 Å². The molecule has 2 amide bonds. The van der Waals surface area contributed by atoms with Crippen molar-refractivity contribution in [3.8, 4) is 0 Å². The summed E-state index contributed by atoms with van der Waals surface area (Å²) in [6, 6.07) is 0.117. The van der Waals surface area contributed by atoms with Gasteiger partial charge in [-0.3, -0.25) is 14.6 Å². The number of ether oxygens (including phenoxy) is 1. The lowest BCUT2D eigenvalue weighted by Crippen LogP contribution is -2.35. The molecule has 2 aliphatic rings. The Balaban J connectivity index is 1.67. The molecule has 0 saturated carbocycles. The van der Waals surface area contributed by atoms with Gasteiger partial charge in [-0.05, 0) is 38.3 Å². The topological polar surface area (TPSA) is 76.5 Å². The predicted molar refractivity (Wildman–Crippen MR) is 119 cm³/mol. The third-order valence-corrected chi connectivity index (χ3v) is 6.80. The zero-order chi connectivity index (χ0) is 27.1. The van der Waals surface area contributed by atoms with Crippen molar-refractivity contribution in [1.29, 1.82) is 0 Å². The number of rotatable bonds is 5. The van der Waals surface area contributed by atoms with Gasteiger partial charge >= 0.3 is 12.4 Å². The molecule has 1 N–H and O–H groups in total. The van der Waals surface area contributed by atoms with E-state index >= 15 is 0 Å². The summed E-state index contributed by atoms with van der Waals surface area (Å²) >= 11 is 0. The van der Waals surface area contributed by atoms with Crippen molar-refractivity contribution in [3.63, 3.8) is 0 Å². The first-order valence-corrected chi connectivity index (χ1v) is 11.9. The maximum absolute atomic E-state index is 13.7. The van der Waals surface area contributed by atoms with Crippen LogP contribution in [0.5, 0.6) is 0 Å². The van der Waals surface area contributed by atoms with Crippen LogP contribution in [0.4, 0.5) is 26.3 Å². The molecule has 0 aromatic carbocycles. The van der Waals surface area contributed by atoms with Crippen LogP contribution in [0.25, 0.3) is 0 Å². The van der Waals surface area contributed by atoms with Gasteiger partial charge in [0.05, 0.1) is 36.1 Å². The average molecular weight is 532 g/mol. The number of carbonyl (C=O) groups excluding carboxylic acids is 2. The fraction of sp³-hybridized carbons (Fsp3) is 0.542. The second-order valence-electron chi connectivity index (χ2n) is 9.17. The van der Waals surface area contributed by atoms with Gasteiger partial charge in [0.15, 0.2) is 0 Å². The van der Waals surface area contributed by atoms with Gasteiger partial charge in [-0.15, -0.1) is 0 Å². The summed E-state index contributed by atoms with van der Waals surface area (Å²) in [6.45, 7) is 4.68. The Bertz CT molecular complexity index is 1190. The lowest BCUT2D eigenvalue weighted by atomic mass is 9.98. The van der Waals surface area contributed by atoms with Crippen molar-refractivity contribution in [3.05, 3.63) is 52.1 Å². The highest BCUT2D eigenvalue weighted by Crippen LogP contribution is 2.39. The molecule has 37 heavy (non-hydrogen) atoms. The van der Waals surface area contributed by atoms with Gasteiger partial charge in [0.2, 0.25) is 0 Å². The summed E-state index contributed by atoms with van der Waals surface area (Å²) in [4.78, 5) is 31.4. The first kappa shape index (κ1) is 27.0. The summed E-state index contributed by atoms with van der Waals surface area (Å²) in [7, 11) is 0. The molecule has 2 atom stereocenters. The molecular formula is C24H26F6N4O3. The number of fused-ring (bicyclic) bond motifs is 1. The quantitative estimate of drug-likeness (QED) is 0.553. The number of nitrogens with zero attached hydrogens (tertiary/aromatic N) is 3. The minimum absolute atomic E-state index is 0.0258. The van der Waals surface area contributed by atoms with E-state index in [1.165, 1.54) is 13.0 Å². The second kappa shape index (κ2) is 9.99. The van der Waals surface area contributed by atoms with Gasteiger partial charge < -0.3 is 19.5 Å². The summed E-state index contributed by atoms with van der Waals surface area (Å²) < 4.78 is 87.3. The van der Waals surface area contributed by atoms with E-state index in [1.807, 2.05) is 6.92 Å². The number of amides is 2. The zero-order valence-electron chi connectivity index (χ0n) is 20.2. The summed E-state index contributed by atoms with van der Waals surface area (Å²) in [5.41, 5.74) is -3.01. The Hall–Kier alpha value is -3.09. The van der Waals surface area contributed by atoms with Gasteiger partial charge in [0, 0.05) is 30.9 Å². The Kier molecular flexibility index (Phi) is 7.28. The summed E-state index contributed by atoms with van der Waals surface area (Å²) in [5.74, 6) is -1.01. The van der Waals surface area contributed by atoms with Crippen molar-refractivity contribution >= 4 is 11.8 Å². The molecule has 0 aliphatic carbocycles. The number of aromatic nitrogens is 2. The highest BCUT2D eigenvalue weighted by Gasteiger charge is 2.41. The van der Waals surface area contributed by atoms with Crippen molar-refractivity contribution in [2.24, 2.45) is 0 Å². The molecule has 4 rings (SSSR count). The van der Waals surface area contributed by atoms with Gasteiger partial charge in [-0.1, -0.05) is 6.92 Å². The van der Waals surface area contributed by atoms with E-state index in [0.29, 0.717) is 31.6 Å². The maximum Gasteiger partial charge on any atom is 0.433 e. The van der Waals surface area contributed by atoms with Crippen LogP contribution in [0, 0.1) is 0 Å². The standard InChI is InChI=1S/C24H26F6N4O3/c1-3-17(15-11-31-20(24(28,29)30)10-16(15)23(25,26)27)32-21(35)14-9-18(34-7-8-37-12-19(14)34)22(36)33-6-4-5-13(33)2/h9-11,13,17H,3-8,12H2,1-2H3,(H,32,35)/t13-,17+/m0/s1. The van der Waals surface area contributed by atoms with Gasteiger partial charge in [-0.2, -0.15) is 26.3 Å². The molecule has 0 spiro atoms. The van der Waals surface area contributed by atoms with E-state index in [1.54, 1.807) is 9.47 Å². The number of alkyl halides is 6. The van der Waals surface area contributed by atoms with E-state index in [-0.39, 0.29) is 42.3 Å². The number of nitrogens with one attached hydrogen (secondary N) is 1. The molecule has 0 bridgehead atoms. The molecule has 202 valence electrons. The van der Waals surface area contributed by atoms with Crippen molar-refractivity contribution in [1.82, 2.24) is 19.8 Å². The Labute approximate surface area is 208 Å². The number of likely N-dealkylation sites (tertiary alicyclic amines) is 1. The molecular weight excluding hydrogens is 506 g/mol. The first-order chi connectivity index (χ1) is 17.3. The summed E-state index contributed by atoms with van der Waals surface area (Å²) in [6.07, 6.45) is -8.00. The normalized spacial score (nSPS) is 19.0. The molecule has 13 heteroatoms. The van der Waals surface area contributed by atoms with Crippen LogP contribution in [0.15, 0.2) is 18.3 Å². The third-order valence-electron chi connectivity index (χ3n) is 6.80. The van der Waals surface area contributed by atoms with Crippen LogP contribution in [-0.2, 0) is 30.2 Å². The van der Waals surface area contributed by atoms with Gasteiger partial charge in [0.1, 0.15) is 11.4 Å². The molecule has 4 heterocycles. The minimum Gasteiger partial charge on any atom is -0.373 e. The number of hydrogen-bond donors (Lipinski definition) is 1.